The van der Waals surface area contributed by atoms with Crippen LogP contribution in [0.15, 0.2) is 0 Å². The van der Waals surface area contributed by atoms with Crippen molar-refractivity contribution < 1.29 is 34.3 Å². The fraction of sp³-hybridized carbons (Fsp3) is 0.957. The van der Waals surface area contributed by atoms with Crippen LogP contribution in [0.2, 0.25) is 0 Å². The number of hydrogen-bond donors (Lipinski definition) is 3. The molecule has 178 valence electrons. The van der Waals surface area contributed by atoms with Gasteiger partial charge in [-0.15, -0.1) is 0 Å². The van der Waals surface area contributed by atoms with E-state index < -0.39 is 30.7 Å². The first-order valence-corrected chi connectivity index (χ1v) is 11.9. The highest BCUT2D eigenvalue weighted by Crippen LogP contribution is 2.22. The molecular formula is C23H44O7. The van der Waals surface area contributed by atoms with Crippen molar-refractivity contribution in [3.63, 3.8) is 0 Å². The van der Waals surface area contributed by atoms with Gasteiger partial charge in [-0.2, -0.15) is 0 Å². The van der Waals surface area contributed by atoms with Crippen molar-refractivity contribution in [3.8, 4) is 0 Å². The van der Waals surface area contributed by atoms with Crippen molar-refractivity contribution in [1.29, 1.82) is 0 Å². The van der Waals surface area contributed by atoms with Gasteiger partial charge in [0.15, 0.2) is 6.29 Å². The normalized spacial score (nSPS) is 26.6. The molecule has 5 atom stereocenters. The molecule has 1 aliphatic heterocycles. The molecule has 1 unspecified atom stereocenters. The maximum Gasteiger partial charge on any atom is 0.305 e. The highest BCUT2D eigenvalue weighted by molar-refractivity contribution is 5.69. The Morgan fingerprint density at radius 1 is 0.767 bits per heavy atom. The standard InChI is InChI=1S/C23H44O7/c1-3-4-5-6-7-8-9-10-11-12-13-14-15-16-19(24)29-17-18-20(25)21(26)22(27)23(28-2)30-18/h18,20-23,25-27H,3-17H2,1-2H3/t18-,20-,21+,22-,23?/m1/s1. The third-order valence-corrected chi connectivity index (χ3v) is 5.79. The molecular weight excluding hydrogens is 388 g/mol. The van der Waals surface area contributed by atoms with E-state index in [0.29, 0.717) is 6.42 Å². The lowest BCUT2D eigenvalue weighted by atomic mass is 9.99. The van der Waals surface area contributed by atoms with E-state index in [1.165, 1.54) is 71.3 Å². The second-order valence-corrected chi connectivity index (χ2v) is 8.43. The molecule has 0 aromatic heterocycles. The van der Waals surface area contributed by atoms with Gasteiger partial charge in [-0.1, -0.05) is 84.0 Å². The Kier molecular flexibility index (Phi) is 15.4. The number of esters is 1. The Hall–Kier alpha value is -0.730. The number of methoxy groups -OCH3 is 1. The number of rotatable bonds is 17. The molecule has 1 aliphatic rings. The quantitative estimate of drug-likeness (QED) is 0.239. The molecule has 0 aliphatic carbocycles. The van der Waals surface area contributed by atoms with Gasteiger partial charge in [0.05, 0.1) is 0 Å². The van der Waals surface area contributed by atoms with E-state index in [4.69, 9.17) is 14.2 Å². The Morgan fingerprint density at radius 3 is 1.77 bits per heavy atom. The lowest BCUT2D eigenvalue weighted by Crippen LogP contribution is -2.59. The third-order valence-electron chi connectivity index (χ3n) is 5.79. The van der Waals surface area contributed by atoms with Crippen LogP contribution in [0.3, 0.4) is 0 Å². The summed E-state index contributed by atoms with van der Waals surface area (Å²) >= 11 is 0. The zero-order valence-electron chi connectivity index (χ0n) is 19.0. The molecule has 3 N–H and O–H groups in total. The predicted octanol–water partition coefficient (Wildman–Crippen LogP) is 3.46. The van der Waals surface area contributed by atoms with Gasteiger partial charge in [0.1, 0.15) is 31.0 Å². The molecule has 0 radical (unpaired) electrons. The summed E-state index contributed by atoms with van der Waals surface area (Å²) in [5.74, 6) is -0.344. The number of aliphatic hydroxyl groups excluding tert-OH is 3. The van der Waals surface area contributed by atoms with E-state index in [2.05, 4.69) is 6.92 Å². The molecule has 7 heteroatoms. The number of ether oxygens (including phenoxy) is 3. The average molecular weight is 433 g/mol. The zero-order chi connectivity index (χ0) is 22.2. The smallest absolute Gasteiger partial charge is 0.305 e. The van der Waals surface area contributed by atoms with E-state index in [0.717, 1.165) is 19.3 Å². The lowest BCUT2D eigenvalue weighted by molar-refractivity contribution is -0.295. The van der Waals surface area contributed by atoms with Crippen LogP contribution < -0.4 is 0 Å². The molecule has 1 fully saturated rings. The van der Waals surface area contributed by atoms with Gasteiger partial charge < -0.3 is 29.5 Å². The molecule has 0 amide bonds. The molecule has 1 rings (SSSR count). The number of hydrogen-bond acceptors (Lipinski definition) is 7. The van der Waals surface area contributed by atoms with Gasteiger partial charge in [0.25, 0.3) is 0 Å². The van der Waals surface area contributed by atoms with E-state index in [1.54, 1.807) is 0 Å². The van der Waals surface area contributed by atoms with Crippen molar-refractivity contribution in [1.82, 2.24) is 0 Å². The minimum absolute atomic E-state index is 0.178. The summed E-state index contributed by atoms with van der Waals surface area (Å²) in [7, 11) is 1.33. The topological polar surface area (TPSA) is 105 Å². The van der Waals surface area contributed by atoms with Crippen LogP contribution in [-0.2, 0) is 19.0 Å². The van der Waals surface area contributed by atoms with Gasteiger partial charge in [0, 0.05) is 13.5 Å². The van der Waals surface area contributed by atoms with Gasteiger partial charge in [-0.3, -0.25) is 4.79 Å². The number of carbonyl (C=O) groups excluding carboxylic acids is 1. The van der Waals surface area contributed by atoms with Crippen LogP contribution in [-0.4, -0.2) is 65.7 Å². The van der Waals surface area contributed by atoms with Crippen molar-refractivity contribution in [2.24, 2.45) is 0 Å². The number of unbranched alkanes of at least 4 members (excludes halogenated alkanes) is 12. The van der Waals surface area contributed by atoms with Crippen molar-refractivity contribution in [2.75, 3.05) is 13.7 Å². The second kappa shape index (κ2) is 16.9. The van der Waals surface area contributed by atoms with Crippen LogP contribution >= 0.6 is 0 Å². The van der Waals surface area contributed by atoms with Crippen LogP contribution in [0.5, 0.6) is 0 Å². The fourth-order valence-electron chi connectivity index (χ4n) is 3.78. The molecule has 7 nitrogen and oxygen atoms in total. The maximum atomic E-state index is 11.9. The molecule has 0 bridgehead atoms. The molecule has 0 aromatic carbocycles. The predicted molar refractivity (Wildman–Crippen MR) is 115 cm³/mol. The van der Waals surface area contributed by atoms with E-state index in [9.17, 15) is 20.1 Å². The summed E-state index contributed by atoms with van der Waals surface area (Å²) in [6.07, 6.45) is 10.5. The molecule has 30 heavy (non-hydrogen) atoms. The van der Waals surface area contributed by atoms with E-state index in [1.807, 2.05) is 0 Å². The second-order valence-electron chi connectivity index (χ2n) is 8.43. The first kappa shape index (κ1) is 27.3. The minimum Gasteiger partial charge on any atom is -0.463 e. The highest BCUT2D eigenvalue weighted by Gasteiger charge is 2.44. The van der Waals surface area contributed by atoms with Crippen molar-refractivity contribution >= 4 is 5.97 Å². The van der Waals surface area contributed by atoms with Gasteiger partial charge >= 0.3 is 5.97 Å². The minimum atomic E-state index is -1.41. The molecule has 1 heterocycles. The Labute approximate surface area is 182 Å². The molecule has 0 spiro atoms. The van der Waals surface area contributed by atoms with E-state index in [-0.39, 0.29) is 12.6 Å². The van der Waals surface area contributed by atoms with Crippen LogP contribution in [0.25, 0.3) is 0 Å². The molecule has 0 saturated carbocycles. The lowest BCUT2D eigenvalue weighted by Gasteiger charge is -2.39. The van der Waals surface area contributed by atoms with Crippen LogP contribution in [0.4, 0.5) is 0 Å². The SMILES string of the molecule is CCCCCCCCCCCCCCCC(=O)OC[C@H]1OC(OC)[C@H](O)[C@@H](O)[C@@H]1O. The number of carbonyl (C=O) groups is 1. The van der Waals surface area contributed by atoms with E-state index >= 15 is 0 Å². The number of aliphatic hydroxyl groups is 3. The summed E-state index contributed by atoms with van der Waals surface area (Å²) in [6.45, 7) is 2.07. The molecule has 1 saturated heterocycles. The highest BCUT2D eigenvalue weighted by atomic mass is 16.7. The van der Waals surface area contributed by atoms with Gasteiger partial charge in [0.2, 0.25) is 0 Å². The maximum absolute atomic E-state index is 11.9. The monoisotopic (exact) mass is 432 g/mol. The third kappa shape index (κ3) is 11.0. The van der Waals surface area contributed by atoms with Crippen molar-refractivity contribution in [2.45, 2.75) is 128 Å². The van der Waals surface area contributed by atoms with Crippen LogP contribution in [0.1, 0.15) is 96.8 Å². The summed E-state index contributed by atoms with van der Waals surface area (Å²) < 4.78 is 15.4. The van der Waals surface area contributed by atoms with Gasteiger partial charge in [-0.05, 0) is 6.42 Å². The van der Waals surface area contributed by atoms with Crippen LogP contribution in [0, 0.1) is 0 Å². The summed E-state index contributed by atoms with van der Waals surface area (Å²) in [5, 5.41) is 29.5. The Morgan fingerprint density at radius 2 is 1.27 bits per heavy atom. The summed E-state index contributed by atoms with van der Waals surface area (Å²) in [5.41, 5.74) is 0. The summed E-state index contributed by atoms with van der Waals surface area (Å²) in [6, 6.07) is 0. The Bertz CT molecular complexity index is 430. The van der Waals surface area contributed by atoms with Crippen molar-refractivity contribution in [3.05, 3.63) is 0 Å². The fourth-order valence-corrected chi connectivity index (χ4v) is 3.78. The largest absolute Gasteiger partial charge is 0.463 e. The van der Waals surface area contributed by atoms with Gasteiger partial charge in [-0.25, -0.2) is 0 Å². The first-order chi connectivity index (χ1) is 14.5. The zero-order valence-corrected chi connectivity index (χ0v) is 19.0. The average Bonchev–Trinajstić information content (AvgIpc) is 2.75. The molecule has 0 aromatic rings. The Balaban J connectivity index is 1.97. The first-order valence-electron chi connectivity index (χ1n) is 11.9. The summed E-state index contributed by atoms with van der Waals surface area (Å²) in [4.78, 5) is 11.9.